The lowest BCUT2D eigenvalue weighted by Gasteiger charge is -2.23. The molecule has 4 aromatic carbocycles. The van der Waals surface area contributed by atoms with E-state index >= 15 is 0 Å². The third kappa shape index (κ3) is 19.9. The molecule has 0 spiro atoms. The first-order chi connectivity index (χ1) is 31.6. The lowest BCUT2D eigenvalue weighted by molar-refractivity contribution is -0.133. The molecule has 14 heteroatoms. The van der Waals surface area contributed by atoms with E-state index in [1.54, 1.807) is 18.5 Å². The van der Waals surface area contributed by atoms with Crippen LogP contribution in [-0.2, 0) is 59.0 Å². The quantitative estimate of drug-likeness (QED) is 0.0379. The monoisotopic (exact) mass is 934 g/mol. The summed E-state index contributed by atoms with van der Waals surface area (Å²) in [4.78, 5) is 29.9. The molecular formula is C51H71ClN4O8S. The molecule has 5 rings (SSSR count). The van der Waals surface area contributed by atoms with Gasteiger partial charge in [0, 0.05) is 58.0 Å². The number of benzene rings is 4. The van der Waals surface area contributed by atoms with Crippen LogP contribution in [0.1, 0.15) is 104 Å². The molecule has 1 saturated heterocycles. The van der Waals surface area contributed by atoms with E-state index < -0.39 is 10.0 Å². The third-order valence-electron chi connectivity index (χ3n) is 11.4. The van der Waals surface area contributed by atoms with Crippen molar-refractivity contribution in [3.8, 4) is 11.5 Å². The van der Waals surface area contributed by atoms with Crippen molar-refractivity contribution in [2.75, 3.05) is 52.0 Å². The van der Waals surface area contributed by atoms with Crippen LogP contribution in [0, 0.1) is 0 Å². The number of carbonyl (C=O) groups is 2. The van der Waals surface area contributed by atoms with Crippen molar-refractivity contribution in [2.45, 2.75) is 110 Å². The van der Waals surface area contributed by atoms with Gasteiger partial charge in [-0.2, -0.15) is 0 Å². The SMILES string of the molecule is COc1ccc(CN(Cc2ccc(CO)cc2)C(=O)CCCCCN2CCCS2(=O)=O)cc1.COc1ccc(CN(Cc2ccc(CO)cc2)C(=O)CCCCCNCCCCCl)cc1. The molecule has 0 unspecified atom stereocenters. The molecule has 356 valence electrons. The summed E-state index contributed by atoms with van der Waals surface area (Å²) in [7, 11) is 0.224. The Hall–Kier alpha value is -4.50. The summed E-state index contributed by atoms with van der Waals surface area (Å²) < 4.78 is 35.8. The van der Waals surface area contributed by atoms with E-state index in [2.05, 4.69) is 5.32 Å². The molecule has 0 aromatic heterocycles. The van der Waals surface area contributed by atoms with Crippen LogP contribution < -0.4 is 14.8 Å². The minimum Gasteiger partial charge on any atom is -0.497 e. The topological polar surface area (TPSA) is 149 Å². The molecule has 2 amide bonds. The van der Waals surface area contributed by atoms with Gasteiger partial charge in [-0.15, -0.1) is 11.6 Å². The highest BCUT2D eigenvalue weighted by Crippen LogP contribution is 2.20. The maximum Gasteiger partial charge on any atom is 0.223 e. The zero-order valence-corrected chi connectivity index (χ0v) is 40.0. The smallest absolute Gasteiger partial charge is 0.223 e. The number of carbonyl (C=O) groups excluding carboxylic acids is 2. The number of sulfonamides is 1. The number of methoxy groups -OCH3 is 2. The van der Waals surface area contributed by atoms with Gasteiger partial charge in [0.15, 0.2) is 0 Å². The number of aliphatic hydroxyl groups is 2. The van der Waals surface area contributed by atoms with E-state index in [0.29, 0.717) is 58.5 Å². The second-order valence-electron chi connectivity index (χ2n) is 16.5. The highest BCUT2D eigenvalue weighted by atomic mass is 35.5. The molecule has 0 atom stereocenters. The minimum absolute atomic E-state index is 0.00645. The van der Waals surface area contributed by atoms with Crippen LogP contribution >= 0.6 is 11.6 Å². The van der Waals surface area contributed by atoms with Crippen LogP contribution in [-0.4, -0.2) is 96.6 Å². The average Bonchev–Trinajstić information content (AvgIpc) is 3.68. The molecule has 65 heavy (non-hydrogen) atoms. The van der Waals surface area contributed by atoms with E-state index in [-0.39, 0.29) is 30.8 Å². The van der Waals surface area contributed by atoms with Gasteiger partial charge >= 0.3 is 0 Å². The molecule has 0 bridgehead atoms. The number of aliphatic hydroxyl groups excluding tert-OH is 2. The van der Waals surface area contributed by atoms with Crippen molar-refractivity contribution in [1.82, 2.24) is 19.4 Å². The minimum atomic E-state index is -3.05. The van der Waals surface area contributed by atoms with Crippen molar-refractivity contribution < 1.29 is 37.7 Å². The Labute approximate surface area is 392 Å². The van der Waals surface area contributed by atoms with Crippen molar-refractivity contribution in [2.24, 2.45) is 0 Å². The second-order valence-corrected chi connectivity index (χ2v) is 18.9. The van der Waals surface area contributed by atoms with Crippen LogP contribution in [0.2, 0.25) is 0 Å². The van der Waals surface area contributed by atoms with Gasteiger partial charge in [-0.1, -0.05) is 85.6 Å². The lowest BCUT2D eigenvalue weighted by Crippen LogP contribution is -2.30. The van der Waals surface area contributed by atoms with E-state index in [1.807, 2.05) is 107 Å². The van der Waals surface area contributed by atoms with Crippen LogP contribution in [0.4, 0.5) is 0 Å². The van der Waals surface area contributed by atoms with Gasteiger partial charge in [0.25, 0.3) is 0 Å². The molecule has 1 heterocycles. The first-order valence-electron chi connectivity index (χ1n) is 23.0. The maximum absolute atomic E-state index is 13.1. The van der Waals surface area contributed by atoms with Crippen molar-refractivity contribution in [3.63, 3.8) is 0 Å². The highest BCUT2D eigenvalue weighted by molar-refractivity contribution is 7.89. The number of halogens is 1. The molecule has 1 aliphatic rings. The summed E-state index contributed by atoms with van der Waals surface area (Å²) in [5, 5.41) is 22.0. The van der Waals surface area contributed by atoms with E-state index in [0.717, 1.165) is 115 Å². The Balaban J connectivity index is 0.000000285. The molecule has 1 aliphatic heterocycles. The average molecular weight is 936 g/mol. The Kier molecular flexibility index (Phi) is 24.4. The van der Waals surface area contributed by atoms with Gasteiger partial charge in [0.1, 0.15) is 11.5 Å². The van der Waals surface area contributed by atoms with Gasteiger partial charge in [0.2, 0.25) is 21.8 Å². The Morgan fingerprint density at radius 3 is 1.34 bits per heavy atom. The van der Waals surface area contributed by atoms with Gasteiger partial charge in [0.05, 0.1) is 33.2 Å². The van der Waals surface area contributed by atoms with Crippen LogP contribution in [0.5, 0.6) is 11.5 Å². The third-order valence-corrected chi connectivity index (χ3v) is 13.6. The number of nitrogens with one attached hydrogen (secondary N) is 1. The number of unbranched alkanes of at least 4 members (excludes halogenated alkanes) is 5. The van der Waals surface area contributed by atoms with Gasteiger partial charge in [-0.25, -0.2) is 12.7 Å². The van der Waals surface area contributed by atoms with E-state index in [9.17, 15) is 28.2 Å². The first kappa shape index (κ1) is 53.1. The molecule has 12 nitrogen and oxygen atoms in total. The Bertz CT molecular complexity index is 1950. The number of amides is 2. The maximum atomic E-state index is 13.1. The first-order valence-corrected chi connectivity index (χ1v) is 25.1. The van der Waals surface area contributed by atoms with Crippen LogP contribution in [0.25, 0.3) is 0 Å². The fraction of sp³-hybridized carbons (Fsp3) is 0.490. The number of alkyl halides is 1. The number of ether oxygens (including phenoxy) is 2. The largest absolute Gasteiger partial charge is 0.497 e. The van der Waals surface area contributed by atoms with Gasteiger partial charge in [-0.3, -0.25) is 9.59 Å². The summed E-state index contributed by atoms with van der Waals surface area (Å²) in [5.41, 5.74) is 5.88. The van der Waals surface area contributed by atoms with Gasteiger partial charge < -0.3 is 34.8 Å². The predicted octanol–water partition coefficient (Wildman–Crippen LogP) is 8.20. The van der Waals surface area contributed by atoms with Crippen molar-refractivity contribution in [1.29, 1.82) is 0 Å². The Morgan fingerprint density at radius 2 is 0.969 bits per heavy atom. The lowest BCUT2D eigenvalue weighted by atomic mass is 10.1. The summed E-state index contributed by atoms with van der Waals surface area (Å²) in [5.74, 6) is 2.81. The Morgan fingerprint density at radius 1 is 0.585 bits per heavy atom. The summed E-state index contributed by atoms with van der Waals surface area (Å²) in [6.45, 7) is 5.28. The number of rotatable bonds is 28. The molecule has 3 N–H and O–H groups in total. The number of hydrogen-bond donors (Lipinski definition) is 3. The fourth-order valence-electron chi connectivity index (χ4n) is 7.48. The van der Waals surface area contributed by atoms with Crippen molar-refractivity contribution in [3.05, 3.63) is 130 Å². The zero-order valence-electron chi connectivity index (χ0n) is 38.5. The summed E-state index contributed by atoms with van der Waals surface area (Å²) >= 11 is 5.69. The highest BCUT2D eigenvalue weighted by Gasteiger charge is 2.27. The number of nitrogens with zero attached hydrogens (tertiary/aromatic N) is 3. The van der Waals surface area contributed by atoms with E-state index in [1.165, 1.54) is 0 Å². The molecular weight excluding hydrogens is 864 g/mol. The normalized spacial score (nSPS) is 13.2. The van der Waals surface area contributed by atoms with Crippen LogP contribution in [0.15, 0.2) is 97.1 Å². The number of hydrogen-bond acceptors (Lipinski definition) is 9. The second kappa shape index (κ2) is 29.9. The molecule has 4 aromatic rings. The zero-order chi connectivity index (χ0) is 46.7. The molecule has 0 saturated carbocycles. The fourth-order valence-corrected chi connectivity index (χ4v) is 9.24. The van der Waals surface area contributed by atoms with Gasteiger partial charge in [-0.05, 0) is 116 Å². The van der Waals surface area contributed by atoms with Crippen molar-refractivity contribution >= 4 is 33.4 Å². The van der Waals surface area contributed by atoms with E-state index in [4.69, 9.17) is 21.1 Å². The molecule has 0 aliphatic carbocycles. The molecule has 1 fully saturated rings. The van der Waals surface area contributed by atoms with Crippen LogP contribution in [0.3, 0.4) is 0 Å². The summed E-state index contributed by atoms with van der Waals surface area (Å²) in [6.07, 6.45) is 9.19. The summed E-state index contributed by atoms with van der Waals surface area (Å²) in [6, 6.07) is 31.0. The molecule has 0 radical (unpaired) electrons. The predicted molar refractivity (Wildman–Crippen MR) is 259 cm³/mol. The standard InChI is InChI=1S/C26H37ClN2O3.C25H34N2O5S/c1-32-25-14-12-23(13-15-25)20-29(19-22-8-10-24(21-30)11-9-22)26(31)7-3-2-5-17-28-18-6-4-16-27;1-32-24-13-11-22(12-14-24)19-26(18-21-7-9-23(20-28)10-8-21)25(29)6-3-2-4-15-27-16-5-17-33(27,30)31/h8-15,28,30H,2-7,16-21H2,1H3;7-14,28H,2-6,15-20H2,1H3.